The Morgan fingerprint density at radius 1 is 0.897 bits per heavy atom. The number of carbonyl (C=O) groups is 1. The molecule has 1 fully saturated rings. The number of esters is 1. The van der Waals surface area contributed by atoms with Gasteiger partial charge < -0.3 is 28.4 Å². The fourth-order valence-corrected chi connectivity index (χ4v) is 4.79. The molecule has 0 N–H and O–H groups in total. The molecular formula is C22H22O7. The molecule has 2 aliphatic heterocycles. The van der Waals surface area contributed by atoms with Gasteiger partial charge in [0.15, 0.2) is 23.0 Å². The number of cyclic esters (lactones) is 1. The number of ether oxygens (including phenoxy) is 6. The van der Waals surface area contributed by atoms with Gasteiger partial charge in [0.25, 0.3) is 0 Å². The highest BCUT2D eigenvalue weighted by Gasteiger charge is 2.48. The van der Waals surface area contributed by atoms with Crippen LogP contribution >= 0.6 is 0 Å². The number of carbonyl (C=O) groups excluding carboxylic acids is 1. The predicted octanol–water partition coefficient (Wildman–Crippen LogP) is 2.92. The molecule has 0 amide bonds. The van der Waals surface area contributed by atoms with Crippen LogP contribution in [-0.4, -0.2) is 40.7 Å². The molecule has 0 spiro atoms. The molecular weight excluding hydrogens is 376 g/mol. The van der Waals surface area contributed by atoms with E-state index < -0.39 is 0 Å². The smallest absolute Gasteiger partial charge is 0.310 e. The first-order chi connectivity index (χ1) is 14.1. The fourth-order valence-electron chi connectivity index (χ4n) is 4.79. The van der Waals surface area contributed by atoms with Crippen molar-refractivity contribution in [2.45, 2.75) is 12.3 Å². The minimum Gasteiger partial charge on any atom is -0.493 e. The molecule has 152 valence electrons. The Morgan fingerprint density at radius 3 is 2.24 bits per heavy atom. The Morgan fingerprint density at radius 2 is 1.59 bits per heavy atom. The maximum atomic E-state index is 12.7. The minimum atomic E-state index is -0.273. The molecule has 3 atom stereocenters. The molecule has 2 aromatic rings. The summed E-state index contributed by atoms with van der Waals surface area (Å²) in [5.41, 5.74) is 3.10. The molecule has 0 radical (unpaired) electrons. The second-order valence-electron chi connectivity index (χ2n) is 7.46. The van der Waals surface area contributed by atoms with Crippen molar-refractivity contribution in [1.82, 2.24) is 0 Å². The van der Waals surface area contributed by atoms with Crippen molar-refractivity contribution in [3.8, 4) is 28.7 Å². The van der Waals surface area contributed by atoms with Crippen LogP contribution in [0.1, 0.15) is 22.6 Å². The van der Waals surface area contributed by atoms with E-state index in [0.717, 1.165) is 28.9 Å². The van der Waals surface area contributed by atoms with Crippen LogP contribution in [0.25, 0.3) is 0 Å². The summed E-state index contributed by atoms with van der Waals surface area (Å²) in [5, 5.41) is 0. The molecule has 1 saturated heterocycles. The third kappa shape index (κ3) is 2.68. The maximum Gasteiger partial charge on any atom is 0.310 e. The van der Waals surface area contributed by atoms with Gasteiger partial charge in [-0.15, -0.1) is 0 Å². The number of benzene rings is 2. The number of rotatable bonds is 4. The standard InChI is InChI=1S/C22H22O7/c1-24-17-6-12(7-18(25-2)21(17)26-3)19-14-8-16-15(28-10-29-16)5-11(14)4-13-9-27-22(23)20(13)19/h5-8,13,19-20H,4,9-10H2,1-3H3/t13-,19-,20+/m1/s1. The first kappa shape index (κ1) is 18.0. The van der Waals surface area contributed by atoms with Gasteiger partial charge in [0.05, 0.1) is 33.9 Å². The average molecular weight is 398 g/mol. The molecule has 0 saturated carbocycles. The highest BCUT2D eigenvalue weighted by molar-refractivity contribution is 5.78. The van der Waals surface area contributed by atoms with Crippen molar-refractivity contribution in [2.75, 3.05) is 34.7 Å². The van der Waals surface area contributed by atoms with Gasteiger partial charge in [0.1, 0.15) is 0 Å². The van der Waals surface area contributed by atoms with Crippen LogP contribution in [0.3, 0.4) is 0 Å². The zero-order chi connectivity index (χ0) is 20.1. The second-order valence-corrected chi connectivity index (χ2v) is 7.46. The molecule has 0 aromatic heterocycles. The third-order valence-electron chi connectivity index (χ3n) is 6.08. The molecule has 3 aliphatic rings. The monoisotopic (exact) mass is 398 g/mol. The molecule has 0 unspecified atom stereocenters. The van der Waals surface area contributed by atoms with Crippen molar-refractivity contribution >= 4 is 5.97 Å². The molecule has 7 nitrogen and oxygen atoms in total. The maximum absolute atomic E-state index is 12.7. The summed E-state index contributed by atoms with van der Waals surface area (Å²) in [5.74, 6) is 2.53. The van der Waals surface area contributed by atoms with Crippen molar-refractivity contribution in [3.05, 3.63) is 41.0 Å². The number of hydrogen-bond donors (Lipinski definition) is 0. The summed E-state index contributed by atoms with van der Waals surface area (Å²) in [4.78, 5) is 12.7. The Bertz CT molecular complexity index is 958. The summed E-state index contributed by atoms with van der Waals surface area (Å²) in [6, 6.07) is 7.84. The Kier molecular flexibility index (Phi) is 4.19. The Labute approximate surface area is 168 Å². The highest BCUT2D eigenvalue weighted by atomic mass is 16.7. The normalized spacial score (nSPS) is 23.8. The first-order valence-electron chi connectivity index (χ1n) is 9.53. The Balaban J connectivity index is 1.71. The molecule has 0 bridgehead atoms. The second kappa shape index (κ2) is 6.76. The van der Waals surface area contributed by atoms with Gasteiger partial charge >= 0.3 is 5.97 Å². The first-order valence-corrected chi connectivity index (χ1v) is 9.53. The fraction of sp³-hybridized carbons (Fsp3) is 0.409. The molecule has 29 heavy (non-hydrogen) atoms. The SMILES string of the molecule is COc1cc([C@@H]2c3cc4c(cc3C[C@@H]3COC(=O)[C@@H]32)OCO4)cc(OC)c1OC. The van der Waals surface area contributed by atoms with E-state index in [1.54, 1.807) is 21.3 Å². The van der Waals surface area contributed by atoms with Gasteiger partial charge in [-0.1, -0.05) is 0 Å². The van der Waals surface area contributed by atoms with E-state index in [2.05, 4.69) is 0 Å². The lowest BCUT2D eigenvalue weighted by atomic mass is 9.67. The average Bonchev–Trinajstić information content (AvgIpc) is 3.35. The van der Waals surface area contributed by atoms with Crippen LogP contribution in [0.4, 0.5) is 0 Å². The van der Waals surface area contributed by atoms with E-state index in [0.29, 0.717) is 29.6 Å². The zero-order valence-corrected chi connectivity index (χ0v) is 16.5. The van der Waals surface area contributed by atoms with Crippen molar-refractivity contribution in [2.24, 2.45) is 11.8 Å². The van der Waals surface area contributed by atoms with Crippen LogP contribution in [0.2, 0.25) is 0 Å². The lowest BCUT2D eigenvalue weighted by Gasteiger charge is -2.34. The topological polar surface area (TPSA) is 72.5 Å². The van der Waals surface area contributed by atoms with Crippen LogP contribution in [-0.2, 0) is 16.0 Å². The summed E-state index contributed by atoms with van der Waals surface area (Å²) < 4.78 is 33.2. The van der Waals surface area contributed by atoms with Gasteiger partial charge in [-0.3, -0.25) is 4.79 Å². The van der Waals surface area contributed by atoms with Gasteiger partial charge in [0.2, 0.25) is 12.5 Å². The lowest BCUT2D eigenvalue weighted by molar-refractivity contribution is -0.141. The van der Waals surface area contributed by atoms with Crippen molar-refractivity contribution < 1.29 is 33.2 Å². The van der Waals surface area contributed by atoms with Crippen molar-refractivity contribution in [1.29, 1.82) is 0 Å². The predicted molar refractivity (Wildman–Crippen MR) is 102 cm³/mol. The molecule has 1 aliphatic carbocycles. The number of fused-ring (bicyclic) bond motifs is 3. The van der Waals surface area contributed by atoms with E-state index in [4.69, 9.17) is 28.4 Å². The minimum absolute atomic E-state index is 0.111. The van der Waals surface area contributed by atoms with Crippen LogP contribution in [0.5, 0.6) is 28.7 Å². The largest absolute Gasteiger partial charge is 0.493 e. The third-order valence-corrected chi connectivity index (χ3v) is 6.08. The van der Waals surface area contributed by atoms with Gasteiger partial charge in [0, 0.05) is 11.8 Å². The number of methoxy groups -OCH3 is 3. The van der Waals surface area contributed by atoms with E-state index in [9.17, 15) is 4.79 Å². The highest BCUT2D eigenvalue weighted by Crippen LogP contribution is 2.52. The molecule has 2 heterocycles. The van der Waals surface area contributed by atoms with E-state index >= 15 is 0 Å². The zero-order valence-electron chi connectivity index (χ0n) is 16.5. The van der Waals surface area contributed by atoms with E-state index in [-0.39, 0.29) is 30.5 Å². The van der Waals surface area contributed by atoms with Crippen LogP contribution in [0.15, 0.2) is 24.3 Å². The number of hydrogen-bond acceptors (Lipinski definition) is 7. The van der Waals surface area contributed by atoms with Gasteiger partial charge in [-0.05, 0) is 47.4 Å². The Hall–Kier alpha value is -3.09. The van der Waals surface area contributed by atoms with Crippen molar-refractivity contribution in [3.63, 3.8) is 0 Å². The summed E-state index contributed by atoms with van der Waals surface area (Å²) >= 11 is 0. The van der Waals surface area contributed by atoms with Gasteiger partial charge in [-0.2, -0.15) is 0 Å². The van der Waals surface area contributed by atoms with Crippen LogP contribution in [0, 0.1) is 11.8 Å². The molecule has 2 aromatic carbocycles. The lowest BCUT2D eigenvalue weighted by Crippen LogP contribution is -2.31. The summed E-state index contributed by atoms with van der Waals surface area (Å²) in [6.07, 6.45) is 0.767. The van der Waals surface area contributed by atoms with E-state index in [1.807, 2.05) is 24.3 Å². The van der Waals surface area contributed by atoms with Gasteiger partial charge in [-0.25, -0.2) is 0 Å². The molecule has 5 rings (SSSR count). The summed E-state index contributed by atoms with van der Waals surface area (Å²) in [7, 11) is 4.74. The quantitative estimate of drug-likeness (QED) is 0.733. The summed E-state index contributed by atoms with van der Waals surface area (Å²) in [6.45, 7) is 0.639. The van der Waals surface area contributed by atoms with Crippen LogP contribution < -0.4 is 23.7 Å². The molecule has 7 heteroatoms. The van der Waals surface area contributed by atoms with E-state index in [1.165, 1.54) is 0 Å².